The second kappa shape index (κ2) is 5.59. The fraction of sp³-hybridized carbons (Fsp3) is 0.294. The smallest absolute Gasteiger partial charge is 0.272 e. The number of rotatable bonds is 2. The molecule has 0 spiro atoms. The van der Waals surface area contributed by atoms with E-state index < -0.39 is 0 Å². The van der Waals surface area contributed by atoms with Crippen molar-refractivity contribution in [3.63, 3.8) is 0 Å². The van der Waals surface area contributed by atoms with Crippen LogP contribution in [0.25, 0.3) is 10.9 Å². The van der Waals surface area contributed by atoms with Crippen molar-refractivity contribution in [2.75, 3.05) is 6.54 Å². The molecule has 2 aromatic heterocycles. The van der Waals surface area contributed by atoms with Crippen molar-refractivity contribution < 1.29 is 4.79 Å². The van der Waals surface area contributed by atoms with Gasteiger partial charge in [0.1, 0.15) is 11.5 Å². The molecule has 3 heterocycles. The first-order valence-corrected chi connectivity index (χ1v) is 7.93. The molecular formula is C17H17N5O2. The summed E-state index contributed by atoms with van der Waals surface area (Å²) in [5.41, 5.74) is 1.03. The highest BCUT2D eigenvalue weighted by atomic mass is 16.2. The summed E-state index contributed by atoms with van der Waals surface area (Å²) in [6.45, 7) is 0.644. The van der Waals surface area contributed by atoms with Crippen molar-refractivity contribution in [3.8, 4) is 0 Å². The van der Waals surface area contributed by atoms with Crippen molar-refractivity contribution in [1.29, 1.82) is 0 Å². The molecule has 0 radical (unpaired) electrons. The molecule has 4 rings (SSSR count). The molecule has 1 aromatic carbocycles. The molecular weight excluding hydrogens is 306 g/mol. The van der Waals surface area contributed by atoms with E-state index in [2.05, 4.69) is 15.2 Å². The number of carbonyl (C=O) groups excluding carboxylic acids is 1. The first-order valence-electron chi connectivity index (χ1n) is 7.93. The zero-order valence-corrected chi connectivity index (χ0v) is 13.3. The van der Waals surface area contributed by atoms with Crippen molar-refractivity contribution in [2.24, 2.45) is 7.05 Å². The average Bonchev–Trinajstić information content (AvgIpc) is 3.29. The van der Waals surface area contributed by atoms with E-state index in [4.69, 9.17) is 0 Å². The fourth-order valence-electron chi connectivity index (χ4n) is 3.34. The van der Waals surface area contributed by atoms with Gasteiger partial charge in [-0.25, -0.2) is 4.98 Å². The third kappa shape index (κ3) is 2.20. The molecule has 1 aliphatic heterocycles. The minimum absolute atomic E-state index is 0.0866. The van der Waals surface area contributed by atoms with Crippen LogP contribution in [-0.4, -0.2) is 37.1 Å². The molecule has 0 saturated carbocycles. The second-order valence-corrected chi connectivity index (χ2v) is 5.98. The Balaban J connectivity index is 1.80. The molecule has 1 atom stereocenters. The van der Waals surface area contributed by atoms with E-state index in [1.807, 2.05) is 18.2 Å². The van der Waals surface area contributed by atoms with Crippen LogP contribution in [0.4, 0.5) is 0 Å². The fourth-order valence-corrected chi connectivity index (χ4v) is 3.34. The number of carbonyl (C=O) groups is 1. The molecule has 0 bridgehead atoms. The molecule has 1 saturated heterocycles. The first kappa shape index (κ1) is 14.6. The number of nitrogens with one attached hydrogen (secondary N) is 1. The summed E-state index contributed by atoms with van der Waals surface area (Å²) in [5, 5.41) is 7.14. The SMILES string of the molecule is Cn1c(C2CCCN2C(=O)c2ccn[nH]2)nc2ccccc2c1=O. The molecule has 122 valence electrons. The van der Waals surface area contributed by atoms with E-state index in [0.29, 0.717) is 29.0 Å². The highest BCUT2D eigenvalue weighted by Gasteiger charge is 2.34. The zero-order chi connectivity index (χ0) is 16.7. The number of fused-ring (bicyclic) bond motifs is 1. The van der Waals surface area contributed by atoms with Crippen LogP contribution in [0.2, 0.25) is 0 Å². The minimum atomic E-state index is -0.205. The number of benzene rings is 1. The molecule has 24 heavy (non-hydrogen) atoms. The highest BCUT2D eigenvalue weighted by Crippen LogP contribution is 2.31. The first-order chi connectivity index (χ1) is 11.7. The summed E-state index contributed by atoms with van der Waals surface area (Å²) >= 11 is 0. The van der Waals surface area contributed by atoms with Gasteiger partial charge in [-0.05, 0) is 31.0 Å². The van der Waals surface area contributed by atoms with Crippen molar-refractivity contribution in [2.45, 2.75) is 18.9 Å². The Labute approximate surface area is 137 Å². The largest absolute Gasteiger partial charge is 0.327 e. The highest BCUT2D eigenvalue weighted by molar-refractivity contribution is 5.92. The van der Waals surface area contributed by atoms with Gasteiger partial charge in [-0.15, -0.1) is 0 Å². The van der Waals surface area contributed by atoms with Crippen LogP contribution in [0.5, 0.6) is 0 Å². The van der Waals surface area contributed by atoms with Crippen LogP contribution in [-0.2, 0) is 7.05 Å². The van der Waals surface area contributed by atoms with Gasteiger partial charge in [0.25, 0.3) is 11.5 Å². The maximum absolute atomic E-state index is 12.7. The lowest BCUT2D eigenvalue weighted by molar-refractivity contribution is 0.0721. The maximum atomic E-state index is 12.7. The predicted molar refractivity (Wildman–Crippen MR) is 88.6 cm³/mol. The third-order valence-corrected chi connectivity index (χ3v) is 4.56. The van der Waals surface area contributed by atoms with Crippen molar-refractivity contribution in [1.82, 2.24) is 24.6 Å². The van der Waals surface area contributed by atoms with Crippen LogP contribution in [0.15, 0.2) is 41.3 Å². The summed E-state index contributed by atoms with van der Waals surface area (Å²) in [6, 6.07) is 8.75. The maximum Gasteiger partial charge on any atom is 0.272 e. The van der Waals surface area contributed by atoms with Crippen LogP contribution in [0, 0.1) is 0 Å². The Morgan fingerprint density at radius 3 is 2.92 bits per heavy atom. The number of amides is 1. The molecule has 1 amide bonds. The summed E-state index contributed by atoms with van der Waals surface area (Å²) in [4.78, 5) is 31.7. The topological polar surface area (TPSA) is 83.9 Å². The van der Waals surface area contributed by atoms with Gasteiger partial charge < -0.3 is 4.90 Å². The number of H-pyrrole nitrogens is 1. The number of aromatic amines is 1. The summed E-state index contributed by atoms with van der Waals surface area (Å²) in [6.07, 6.45) is 3.23. The molecule has 0 aliphatic carbocycles. The average molecular weight is 323 g/mol. The van der Waals surface area contributed by atoms with Gasteiger partial charge in [0.2, 0.25) is 0 Å². The summed E-state index contributed by atoms with van der Waals surface area (Å²) in [5.74, 6) is 0.515. The lowest BCUT2D eigenvalue weighted by atomic mass is 10.1. The molecule has 7 heteroatoms. The number of hydrogen-bond acceptors (Lipinski definition) is 4. The van der Waals surface area contributed by atoms with Gasteiger partial charge in [-0.1, -0.05) is 12.1 Å². The predicted octanol–water partition coefficient (Wildman–Crippen LogP) is 1.63. The summed E-state index contributed by atoms with van der Waals surface area (Å²) in [7, 11) is 1.72. The van der Waals surface area contributed by atoms with Gasteiger partial charge in [0.15, 0.2) is 0 Å². The van der Waals surface area contributed by atoms with Gasteiger partial charge in [0.05, 0.1) is 16.9 Å². The second-order valence-electron chi connectivity index (χ2n) is 5.98. The molecule has 1 fully saturated rings. The molecule has 1 unspecified atom stereocenters. The summed E-state index contributed by atoms with van der Waals surface area (Å²) < 4.78 is 1.56. The van der Waals surface area contributed by atoms with Crippen molar-refractivity contribution in [3.05, 3.63) is 58.4 Å². The minimum Gasteiger partial charge on any atom is -0.327 e. The van der Waals surface area contributed by atoms with Crippen molar-refractivity contribution >= 4 is 16.8 Å². The lowest BCUT2D eigenvalue weighted by Gasteiger charge is -2.25. The molecule has 3 aromatic rings. The number of para-hydroxylation sites is 1. The Morgan fingerprint density at radius 1 is 1.29 bits per heavy atom. The number of aromatic nitrogens is 4. The quantitative estimate of drug-likeness (QED) is 0.777. The Bertz CT molecular complexity index is 961. The number of hydrogen-bond donors (Lipinski definition) is 1. The van der Waals surface area contributed by atoms with E-state index in [9.17, 15) is 9.59 Å². The molecule has 1 N–H and O–H groups in total. The monoisotopic (exact) mass is 323 g/mol. The van der Waals surface area contributed by atoms with Crippen LogP contribution >= 0.6 is 0 Å². The van der Waals surface area contributed by atoms with Gasteiger partial charge in [-0.3, -0.25) is 19.3 Å². The Kier molecular flexibility index (Phi) is 3.41. The number of nitrogens with zero attached hydrogens (tertiary/aromatic N) is 4. The lowest BCUT2D eigenvalue weighted by Crippen LogP contribution is -2.35. The van der Waals surface area contributed by atoms with E-state index in [0.717, 1.165) is 12.8 Å². The van der Waals surface area contributed by atoms with E-state index in [1.54, 1.807) is 34.8 Å². The van der Waals surface area contributed by atoms with Crippen LogP contribution < -0.4 is 5.56 Å². The van der Waals surface area contributed by atoms with E-state index in [1.165, 1.54) is 0 Å². The van der Waals surface area contributed by atoms with E-state index in [-0.39, 0.29) is 17.5 Å². The van der Waals surface area contributed by atoms with E-state index >= 15 is 0 Å². The normalized spacial score (nSPS) is 17.5. The van der Waals surface area contributed by atoms with Gasteiger partial charge in [-0.2, -0.15) is 5.10 Å². The van der Waals surface area contributed by atoms with Crippen LogP contribution in [0.3, 0.4) is 0 Å². The standard InChI is InChI=1S/C17H17N5O2/c1-21-15(19-12-6-3-2-5-11(12)16(21)23)14-7-4-10-22(14)17(24)13-8-9-18-20-13/h2-3,5-6,8-9,14H,4,7,10H2,1H3,(H,18,20). The Morgan fingerprint density at radius 2 is 2.12 bits per heavy atom. The van der Waals surface area contributed by atoms with Gasteiger partial charge in [0, 0.05) is 19.8 Å². The Hall–Kier alpha value is -2.96. The third-order valence-electron chi connectivity index (χ3n) is 4.56. The molecule has 1 aliphatic rings. The van der Waals surface area contributed by atoms with Crippen LogP contribution in [0.1, 0.15) is 35.2 Å². The zero-order valence-electron chi connectivity index (χ0n) is 13.3. The number of likely N-dealkylation sites (tertiary alicyclic amines) is 1. The van der Waals surface area contributed by atoms with Gasteiger partial charge >= 0.3 is 0 Å². The molecule has 7 nitrogen and oxygen atoms in total.